The second kappa shape index (κ2) is 9.21. The van der Waals surface area contributed by atoms with E-state index in [4.69, 9.17) is 0 Å². The zero-order valence-electron chi connectivity index (χ0n) is 17.9. The molecule has 0 spiro atoms. The maximum Gasteiger partial charge on any atom is 0.264 e. The molecular formula is C23H21FN6O2S. The minimum atomic E-state index is -4.04. The van der Waals surface area contributed by atoms with Crippen molar-refractivity contribution in [2.75, 3.05) is 15.4 Å². The Hall–Kier alpha value is -4.05. The standard InChI is InChI=1S/C23H21FN6O2S/c1-15-11-12-25-21(13-15)29-23-14-22(26-16(2)27-23)28-17-7-9-18(10-8-17)30-33(31,32)20-6-4-3-5-19(20)24/h3-14,30H,1-2H3,(H2,25,26,27,28,29). The largest absolute Gasteiger partial charge is 0.340 e. The summed E-state index contributed by atoms with van der Waals surface area (Å²) in [6.07, 6.45) is 1.72. The molecule has 8 nitrogen and oxygen atoms in total. The summed E-state index contributed by atoms with van der Waals surface area (Å²) in [5.41, 5.74) is 2.06. The minimum absolute atomic E-state index is 0.301. The highest BCUT2D eigenvalue weighted by atomic mass is 32.2. The van der Waals surface area contributed by atoms with Gasteiger partial charge in [0.05, 0.1) is 0 Å². The molecule has 0 amide bonds. The maximum absolute atomic E-state index is 13.9. The van der Waals surface area contributed by atoms with Crippen LogP contribution in [0.3, 0.4) is 0 Å². The van der Waals surface area contributed by atoms with Gasteiger partial charge in [0.15, 0.2) is 0 Å². The molecular weight excluding hydrogens is 443 g/mol. The molecule has 4 aromatic rings. The predicted molar refractivity (Wildman–Crippen MR) is 126 cm³/mol. The molecule has 0 bridgehead atoms. The molecule has 168 valence electrons. The van der Waals surface area contributed by atoms with Crippen molar-refractivity contribution >= 4 is 38.9 Å². The molecule has 2 aromatic carbocycles. The number of nitrogens with one attached hydrogen (secondary N) is 3. The van der Waals surface area contributed by atoms with E-state index in [-0.39, 0.29) is 0 Å². The smallest absolute Gasteiger partial charge is 0.264 e. The Labute approximate surface area is 191 Å². The van der Waals surface area contributed by atoms with E-state index in [2.05, 4.69) is 30.3 Å². The fourth-order valence-corrected chi connectivity index (χ4v) is 4.21. The maximum atomic E-state index is 13.9. The van der Waals surface area contributed by atoms with Crippen LogP contribution in [0.15, 0.2) is 77.8 Å². The van der Waals surface area contributed by atoms with Crippen molar-refractivity contribution in [2.45, 2.75) is 18.7 Å². The van der Waals surface area contributed by atoms with Crippen LogP contribution in [-0.2, 0) is 10.0 Å². The zero-order valence-corrected chi connectivity index (χ0v) is 18.7. The highest BCUT2D eigenvalue weighted by molar-refractivity contribution is 7.92. The lowest BCUT2D eigenvalue weighted by molar-refractivity contribution is 0.570. The number of nitrogens with zero attached hydrogens (tertiary/aromatic N) is 3. The number of benzene rings is 2. The second-order valence-electron chi connectivity index (χ2n) is 7.27. The van der Waals surface area contributed by atoms with Gasteiger partial charge >= 0.3 is 0 Å². The lowest BCUT2D eigenvalue weighted by atomic mass is 10.3. The SMILES string of the molecule is Cc1ccnc(Nc2cc(Nc3ccc(NS(=O)(=O)c4ccccc4F)cc3)nc(C)n2)c1. The third-order valence-corrected chi connectivity index (χ3v) is 5.96. The van der Waals surface area contributed by atoms with Crippen molar-refractivity contribution in [1.82, 2.24) is 15.0 Å². The molecule has 0 saturated carbocycles. The normalized spacial score (nSPS) is 11.1. The van der Waals surface area contributed by atoms with Gasteiger partial charge in [-0.1, -0.05) is 12.1 Å². The van der Waals surface area contributed by atoms with E-state index in [9.17, 15) is 12.8 Å². The van der Waals surface area contributed by atoms with Crippen LogP contribution < -0.4 is 15.4 Å². The summed E-state index contributed by atoms with van der Waals surface area (Å²) in [7, 11) is -4.04. The minimum Gasteiger partial charge on any atom is -0.340 e. The van der Waals surface area contributed by atoms with Gasteiger partial charge in [0.25, 0.3) is 10.0 Å². The Balaban J connectivity index is 1.48. The number of aromatic nitrogens is 3. The summed E-state index contributed by atoms with van der Waals surface area (Å²) < 4.78 is 41.1. The number of pyridine rings is 1. The lowest BCUT2D eigenvalue weighted by Crippen LogP contribution is -2.14. The molecule has 0 fully saturated rings. The van der Waals surface area contributed by atoms with Gasteiger partial charge in [-0.15, -0.1) is 0 Å². The molecule has 0 saturated heterocycles. The number of hydrogen-bond acceptors (Lipinski definition) is 7. The molecule has 2 aromatic heterocycles. The molecule has 0 aliphatic carbocycles. The van der Waals surface area contributed by atoms with Gasteiger partial charge in [-0.3, -0.25) is 4.72 Å². The first kappa shape index (κ1) is 22.2. The van der Waals surface area contributed by atoms with E-state index >= 15 is 0 Å². The fraction of sp³-hybridized carbons (Fsp3) is 0.0870. The summed E-state index contributed by atoms with van der Waals surface area (Å²) in [5, 5.41) is 6.32. The van der Waals surface area contributed by atoms with E-state index in [1.165, 1.54) is 18.2 Å². The lowest BCUT2D eigenvalue weighted by Gasteiger charge is -2.12. The van der Waals surface area contributed by atoms with Crippen LogP contribution in [0, 0.1) is 19.7 Å². The topological polar surface area (TPSA) is 109 Å². The molecule has 0 radical (unpaired) electrons. The number of hydrogen-bond donors (Lipinski definition) is 3. The molecule has 3 N–H and O–H groups in total. The average molecular weight is 465 g/mol. The Morgan fingerprint density at radius 3 is 2.15 bits per heavy atom. The first-order chi connectivity index (χ1) is 15.8. The van der Waals surface area contributed by atoms with Crippen LogP contribution in [0.2, 0.25) is 0 Å². The number of aryl methyl sites for hydroxylation is 2. The summed E-state index contributed by atoms with van der Waals surface area (Å²) >= 11 is 0. The summed E-state index contributed by atoms with van der Waals surface area (Å²) in [6.45, 7) is 3.76. The van der Waals surface area contributed by atoms with Crippen molar-refractivity contribution in [3.8, 4) is 0 Å². The third-order valence-electron chi connectivity index (χ3n) is 4.55. The first-order valence-corrected chi connectivity index (χ1v) is 11.5. The highest BCUT2D eigenvalue weighted by Crippen LogP contribution is 2.23. The Kier molecular flexibility index (Phi) is 6.18. The van der Waals surface area contributed by atoms with Gasteiger partial charge in [-0.2, -0.15) is 0 Å². The molecule has 0 aliphatic heterocycles. The first-order valence-electron chi connectivity index (χ1n) is 9.98. The van der Waals surface area contributed by atoms with E-state index in [1.807, 2.05) is 19.1 Å². The number of halogens is 1. The van der Waals surface area contributed by atoms with Crippen LogP contribution in [0.1, 0.15) is 11.4 Å². The Bertz CT molecular complexity index is 1390. The van der Waals surface area contributed by atoms with Gasteiger partial charge in [-0.05, 0) is 67.9 Å². The summed E-state index contributed by atoms with van der Waals surface area (Å²) in [6, 6.07) is 17.3. The van der Waals surface area contributed by atoms with Gasteiger partial charge in [0.1, 0.15) is 34.0 Å². The average Bonchev–Trinajstić information content (AvgIpc) is 2.75. The zero-order chi connectivity index (χ0) is 23.4. The Morgan fingerprint density at radius 1 is 0.788 bits per heavy atom. The van der Waals surface area contributed by atoms with Crippen molar-refractivity contribution in [3.63, 3.8) is 0 Å². The number of sulfonamides is 1. The second-order valence-corrected chi connectivity index (χ2v) is 8.92. The molecule has 10 heteroatoms. The monoisotopic (exact) mass is 464 g/mol. The van der Waals surface area contributed by atoms with Crippen LogP contribution in [0.5, 0.6) is 0 Å². The molecule has 4 rings (SSSR count). The van der Waals surface area contributed by atoms with Crippen molar-refractivity contribution < 1.29 is 12.8 Å². The van der Waals surface area contributed by atoms with Crippen LogP contribution >= 0.6 is 0 Å². The van der Waals surface area contributed by atoms with E-state index < -0.39 is 20.7 Å². The van der Waals surface area contributed by atoms with Crippen molar-refractivity contribution in [2.24, 2.45) is 0 Å². The van der Waals surface area contributed by atoms with Gasteiger partial charge < -0.3 is 10.6 Å². The van der Waals surface area contributed by atoms with Crippen LogP contribution in [-0.4, -0.2) is 23.4 Å². The van der Waals surface area contributed by atoms with Crippen molar-refractivity contribution in [1.29, 1.82) is 0 Å². The number of rotatable bonds is 7. The van der Waals surface area contributed by atoms with E-state index in [1.54, 1.807) is 43.5 Å². The summed E-state index contributed by atoms with van der Waals surface area (Å²) in [5.74, 6) is 1.55. The third kappa shape index (κ3) is 5.60. The van der Waals surface area contributed by atoms with Gasteiger partial charge in [0, 0.05) is 23.6 Å². The Morgan fingerprint density at radius 2 is 1.45 bits per heavy atom. The molecule has 0 aliphatic rings. The van der Waals surface area contributed by atoms with Crippen LogP contribution in [0.25, 0.3) is 0 Å². The molecule has 2 heterocycles. The highest BCUT2D eigenvalue weighted by Gasteiger charge is 2.18. The fourth-order valence-electron chi connectivity index (χ4n) is 3.07. The van der Waals surface area contributed by atoms with Gasteiger partial charge in [-0.25, -0.2) is 27.8 Å². The molecule has 0 unspecified atom stereocenters. The molecule has 33 heavy (non-hydrogen) atoms. The van der Waals surface area contributed by atoms with E-state index in [0.717, 1.165) is 11.6 Å². The predicted octanol–water partition coefficient (Wildman–Crippen LogP) is 4.92. The van der Waals surface area contributed by atoms with Crippen LogP contribution in [0.4, 0.5) is 33.2 Å². The van der Waals surface area contributed by atoms with Gasteiger partial charge in [0.2, 0.25) is 0 Å². The van der Waals surface area contributed by atoms with E-state index in [0.29, 0.717) is 34.7 Å². The quantitative estimate of drug-likeness (QED) is 0.356. The summed E-state index contributed by atoms with van der Waals surface area (Å²) in [4.78, 5) is 12.6. The number of anilines is 5. The molecule has 0 atom stereocenters. The van der Waals surface area contributed by atoms with Crippen molar-refractivity contribution in [3.05, 3.63) is 90.1 Å².